The van der Waals surface area contributed by atoms with Crippen LogP contribution in [0.3, 0.4) is 0 Å². The Balaban J connectivity index is 1.58. The molecule has 0 unspecified atom stereocenters. The average Bonchev–Trinajstić information content (AvgIpc) is 2.72. The van der Waals surface area contributed by atoms with Crippen LogP contribution in [-0.4, -0.2) is 0 Å². The lowest BCUT2D eigenvalue weighted by Gasteiger charge is -2.28. The standard InChI is InChI=1S/C25H31F/c1-2-3-5-20-7-11-22(12-8-20)24-15-17-25(18-16-24)23-13-9-21(10-14-23)6-4-19-26/h4,7-8,11-12,15-19,21,23H,2-3,5-6,9-10,13-14H2,1H3. The molecule has 0 N–H and O–H groups in total. The molecule has 1 fully saturated rings. The second-order valence-corrected chi connectivity index (χ2v) is 7.74. The third-order valence-electron chi connectivity index (χ3n) is 5.89. The molecule has 0 amide bonds. The SMILES string of the molecule is CCCCc1ccc(-c2ccc(C3CCC(CC=CF)CC3)cc2)cc1. The zero-order valence-electron chi connectivity index (χ0n) is 16.0. The Bertz CT molecular complexity index is 673. The van der Waals surface area contributed by atoms with E-state index in [1.807, 2.05) is 0 Å². The minimum absolute atomic E-state index is 0.670. The van der Waals surface area contributed by atoms with Gasteiger partial charge in [0.2, 0.25) is 0 Å². The lowest BCUT2D eigenvalue weighted by atomic mass is 9.77. The second-order valence-electron chi connectivity index (χ2n) is 7.74. The summed E-state index contributed by atoms with van der Waals surface area (Å²) < 4.78 is 12.2. The van der Waals surface area contributed by atoms with Crippen molar-refractivity contribution in [3.63, 3.8) is 0 Å². The van der Waals surface area contributed by atoms with Gasteiger partial charge in [-0.05, 0) is 79.0 Å². The van der Waals surface area contributed by atoms with Crippen LogP contribution in [0.15, 0.2) is 60.9 Å². The predicted molar refractivity (Wildman–Crippen MR) is 110 cm³/mol. The fraction of sp³-hybridized carbons (Fsp3) is 0.440. The summed E-state index contributed by atoms with van der Waals surface area (Å²) in [6.45, 7) is 2.24. The van der Waals surface area contributed by atoms with E-state index in [0.717, 1.165) is 6.42 Å². The minimum atomic E-state index is 0.670. The second kappa shape index (κ2) is 9.71. The molecule has 1 aliphatic carbocycles. The molecular weight excluding hydrogens is 319 g/mol. The van der Waals surface area contributed by atoms with Crippen LogP contribution in [0, 0.1) is 5.92 Å². The number of hydrogen-bond donors (Lipinski definition) is 0. The number of aryl methyl sites for hydroxylation is 1. The topological polar surface area (TPSA) is 0 Å². The Morgan fingerprint density at radius 2 is 1.50 bits per heavy atom. The quantitative estimate of drug-likeness (QED) is 0.477. The fourth-order valence-corrected chi connectivity index (χ4v) is 4.17. The summed E-state index contributed by atoms with van der Waals surface area (Å²) >= 11 is 0. The Labute approximate surface area is 158 Å². The van der Waals surface area contributed by atoms with Crippen LogP contribution >= 0.6 is 0 Å². The van der Waals surface area contributed by atoms with E-state index in [1.54, 1.807) is 6.08 Å². The molecule has 138 valence electrons. The van der Waals surface area contributed by atoms with E-state index in [-0.39, 0.29) is 0 Å². The summed E-state index contributed by atoms with van der Waals surface area (Å²) in [5, 5.41) is 0. The van der Waals surface area contributed by atoms with Crippen molar-refractivity contribution in [2.24, 2.45) is 5.92 Å². The van der Waals surface area contributed by atoms with Gasteiger partial charge in [-0.15, -0.1) is 0 Å². The monoisotopic (exact) mass is 350 g/mol. The molecule has 0 nitrogen and oxygen atoms in total. The van der Waals surface area contributed by atoms with E-state index in [4.69, 9.17) is 0 Å². The van der Waals surface area contributed by atoms with Gasteiger partial charge in [0.05, 0.1) is 6.33 Å². The molecule has 0 atom stereocenters. The van der Waals surface area contributed by atoms with Crippen LogP contribution in [0.1, 0.15) is 68.9 Å². The van der Waals surface area contributed by atoms with Gasteiger partial charge in [0.25, 0.3) is 0 Å². The van der Waals surface area contributed by atoms with E-state index in [0.29, 0.717) is 18.2 Å². The minimum Gasteiger partial charge on any atom is -0.216 e. The van der Waals surface area contributed by atoms with Crippen molar-refractivity contribution in [3.05, 3.63) is 72.1 Å². The first-order chi connectivity index (χ1) is 12.8. The van der Waals surface area contributed by atoms with Gasteiger partial charge in [0.15, 0.2) is 0 Å². The maximum atomic E-state index is 12.2. The molecule has 0 spiro atoms. The van der Waals surface area contributed by atoms with Crippen molar-refractivity contribution in [2.75, 3.05) is 0 Å². The van der Waals surface area contributed by atoms with E-state index in [2.05, 4.69) is 55.5 Å². The highest BCUT2D eigenvalue weighted by atomic mass is 19.1. The lowest BCUT2D eigenvalue weighted by Crippen LogP contribution is -2.12. The van der Waals surface area contributed by atoms with Crippen LogP contribution in [0.5, 0.6) is 0 Å². The van der Waals surface area contributed by atoms with Gasteiger partial charge in [-0.25, -0.2) is 4.39 Å². The largest absolute Gasteiger partial charge is 0.216 e. The maximum Gasteiger partial charge on any atom is 0.0827 e. The molecule has 0 bridgehead atoms. The molecule has 2 aromatic rings. The van der Waals surface area contributed by atoms with Crippen LogP contribution in [0.25, 0.3) is 11.1 Å². The molecular formula is C25H31F. The number of halogens is 1. The third-order valence-corrected chi connectivity index (χ3v) is 5.89. The lowest BCUT2D eigenvalue weighted by molar-refractivity contribution is 0.327. The Morgan fingerprint density at radius 3 is 2.08 bits per heavy atom. The molecule has 26 heavy (non-hydrogen) atoms. The van der Waals surface area contributed by atoms with E-state index < -0.39 is 0 Å². The first-order valence-electron chi connectivity index (χ1n) is 10.2. The zero-order valence-corrected chi connectivity index (χ0v) is 16.0. The number of hydrogen-bond acceptors (Lipinski definition) is 0. The van der Waals surface area contributed by atoms with Crippen LogP contribution in [0.4, 0.5) is 4.39 Å². The third kappa shape index (κ3) is 5.06. The molecule has 0 aromatic heterocycles. The summed E-state index contributed by atoms with van der Waals surface area (Å²) in [5.41, 5.74) is 5.51. The number of benzene rings is 2. The van der Waals surface area contributed by atoms with Crippen molar-refractivity contribution in [1.29, 1.82) is 0 Å². The molecule has 0 radical (unpaired) electrons. The van der Waals surface area contributed by atoms with Crippen molar-refractivity contribution < 1.29 is 4.39 Å². The Hall–Kier alpha value is -1.89. The first-order valence-corrected chi connectivity index (χ1v) is 10.2. The number of allylic oxidation sites excluding steroid dienone is 1. The van der Waals surface area contributed by atoms with Crippen molar-refractivity contribution in [1.82, 2.24) is 0 Å². The molecule has 1 aliphatic rings. The van der Waals surface area contributed by atoms with Gasteiger partial charge in [0.1, 0.15) is 0 Å². The number of rotatable bonds is 7. The highest BCUT2D eigenvalue weighted by Crippen LogP contribution is 2.37. The summed E-state index contributed by atoms with van der Waals surface area (Å²) in [6.07, 6.45) is 11.9. The highest BCUT2D eigenvalue weighted by molar-refractivity contribution is 5.64. The molecule has 1 saturated carbocycles. The van der Waals surface area contributed by atoms with Crippen molar-refractivity contribution in [2.45, 2.75) is 64.2 Å². The zero-order chi connectivity index (χ0) is 18.2. The molecule has 2 aromatic carbocycles. The van der Waals surface area contributed by atoms with Gasteiger partial charge >= 0.3 is 0 Å². The maximum absolute atomic E-state index is 12.2. The molecule has 0 heterocycles. The summed E-state index contributed by atoms with van der Waals surface area (Å²) in [5.74, 6) is 1.34. The normalized spacial score (nSPS) is 20.5. The van der Waals surface area contributed by atoms with Crippen LogP contribution < -0.4 is 0 Å². The smallest absolute Gasteiger partial charge is 0.0827 e. The van der Waals surface area contributed by atoms with E-state index in [9.17, 15) is 4.39 Å². The summed E-state index contributed by atoms with van der Waals surface area (Å²) in [4.78, 5) is 0. The van der Waals surface area contributed by atoms with Gasteiger partial charge in [-0.1, -0.05) is 68.0 Å². The van der Waals surface area contributed by atoms with Gasteiger partial charge < -0.3 is 0 Å². The molecule has 3 rings (SSSR count). The molecule has 0 aliphatic heterocycles. The van der Waals surface area contributed by atoms with E-state index in [1.165, 1.54) is 67.2 Å². The van der Waals surface area contributed by atoms with Crippen LogP contribution in [-0.2, 0) is 6.42 Å². The molecule has 1 heteroatoms. The fourth-order valence-electron chi connectivity index (χ4n) is 4.17. The predicted octanol–water partition coefficient (Wildman–Crippen LogP) is 7.84. The van der Waals surface area contributed by atoms with Crippen LogP contribution in [0.2, 0.25) is 0 Å². The first kappa shape index (κ1) is 18.9. The summed E-state index contributed by atoms with van der Waals surface area (Å²) in [6, 6.07) is 18.2. The highest BCUT2D eigenvalue weighted by Gasteiger charge is 2.21. The van der Waals surface area contributed by atoms with Gasteiger partial charge in [0, 0.05) is 0 Å². The Morgan fingerprint density at radius 1 is 0.885 bits per heavy atom. The van der Waals surface area contributed by atoms with Crippen molar-refractivity contribution in [3.8, 4) is 11.1 Å². The number of unbranched alkanes of at least 4 members (excludes halogenated alkanes) is 1. The van der Waals surface area contributed by atoms with Gasteiger partial charge in [-0.2, -0.15) is 0 Å². The average molecular weight is 351 g/mol. The van der Waals surface area contributed by atoms with Gasteiger partial charge in [-0.3, -0.25) is 0 Å². The Kier molecular flexibility index (Phi) is 7.05. The molecule has 0 saturated heterocycles. The van der Waals surface area contributed by atoms with Crippen molar-refractivity contribution >= 4 is 0 Å². The summed E-state index contributed by atoms with van der Waals surface area (Å²) in [7, 11) is 0. The van der Waals surface area contributed by atoms with E-state index >= 15 is 0 Å².